The van der Waals surface area contributed by atoms with Gasteiger partial charge in [-0.25, -0.2) is 4.79 Å². The zero-order valence-electron chi connectivity index (χ0n) is 24.4. The first-order valence-corrected chi connectivity index (χ1v) is 15.6. The molecule has 0 aliphatic heterocycles. The lowest BCUT2D eigenvalue weighted by Gasteiger charge is -2.18. The Morgan fingerprint density at radius 1 is 0.526 bits per heavy atom. The molecule has 0 aromatic heterocycles. The molecule has 0 bridgehead atoms. The van der Waals surface area contributed by atoms with Gasteiger partial charge in [-0.2, -0.15) is 0 Å². The van der Waals surface area contributed by atoms with Gasteiger partial charge in [0.1, 0.15) is 0 Å². The van der Waals surface area contributed by atoms with E-state index in [4.69, 9.17) is 9.47 Å². The highest BCUT2D eigenvalue weighted by molar-refractivity contribution is 5.59. The van der Waals surface area contributed by atoms with E-state index in [1.165, 1.54) is 88.2 Å². The lowest BCUT2D eigenvalue weighted by Crippen LogP contribution is -2.11. The fraction of sp³-hybridized carbons (Fsp3) is 0.629. The maximum absolute atomic E-state index is 12.2. The Morgan fingerprint density at radius 2 is 0.895 bits per heavy atom. The van der Waals surface area contributed by atoms with Crippen LogP contribution in [0, 0.1) is 0 Å². The minimum atomic E-state index is -0.517. The predicted octanol–water partition coefficient (Wildman–Crippen LogP) is 11.0. The average molecular weight is 523 g/mol. The zero-order valence-corrected chi connectivity index (χ0v) is 24.4. The SMILES string of the molecule is CCCCCCCC(CCCOC(=O)OCCCC(CCCCCCC)c1ccccc1)c1ccccc1. The minimum absolute atomic E-state index is 0.433. The molecule has 3 heteroatoms. The molecule has 0 saturated heterocycles. The fourth-order valence-corrected chi connectivity index (χ4v) is 5.41. The van der Waals surface area contributed by atoms with Gasteiger partial charge in [-0.3, -0.25) is 0 Å². The molecule has 38 heavy (non-hydrogen) atoms. The van der Waals surface area contributed by atoms with Crippen molar-refractivity contribution < 1.29 is 14.3 Å². The first-order chi connectivity index (χ1) is 18.7. The number of hydrogen-bond donors (Lipinski definition) is 0. The van der Waals surface area contributed by atoms with Crippen LogP contribution in [0.15, 0.2) is 60.7 Å². The molecule has 2 aromatic rings. The van der Waals surface area contributed by atoms with E-state index in [1.54, 1.807) is 0 Å². The van der Waals surface area contributed by atoms with Crippen molar-refractivity contribution in [3.63, 3.8) is 0 Å². The third-order valence-electron chi connectivity index (χ3n) is 7.69. The molecule has 0 radical (unpaired) electrons. The van der Waals surface area contributed by atoms with Crippen molar-refractivity contribution in [1.82, 2.24) is 0 Å². The largest absolute Gasteiger partial charge is 0.508 e. The number of carbonyl (C=O) groups excluding carboxylic acids is 1. The van der Waals surface area contributed by atoms with E-state index in [1.807, 2.05) is 0 Å². The molecule has 3 nitrogen and oxygen atoms in total. The summed E-state index contributed by atoms with van der Waals surface area (Å²) in [5.41, 5.74) is 2.81. The number of ether oxygens (including phenoxy) is 2. The van der Waals surface area contributed by atoms with Crippen LogP contribution in [0.3, 0.4) is 0 Å². The average Bonchev–Trinajstić information content (AvgIpc) is 2.96. The van der Waals surface area contributed by atoms with Crippen LogP contribution in [0.5, 0.6) is 0 Å². The van der Waals surface area contributed by atoms with Crippen molar-refractivity contribution in [3.05, 3.63) is 71.8 Å². The van der Waals surface area contributed by atoms with E-state index >= 15 is 0 Å². The van der Waals surface area contributed by atoms with Crippen molar-refractivity contribution >= 4 is 6.16 Å². The van der Waals surface area contributed by atoms with E-state index < -0.39 is 6.16 Å². The van der Waals surface area contributed by atoms with Crippen molar-refractivity contribution in [3.8, 4) is 0 Å². The number of carbonyl (C=O) groups is 1. The first-order valence-electron chi connectivity index (χ1n) is 15.6. The lowest BCUT2D eigenvalue weighted by atomic mass is 9.89. The highest BCUT2D eigenvalue weighted by atomic mass is 16.7. The van der Waals surface area contributed by atoms with E-state index in [-0.39, 0.29) is 0 Å². The third kappa shape index (κ3) is 14.6. The summed E-state index contributed by atoms with van der Waals surface area (Å²) in [5, 5.41) is 0. The third-order valence-corrected chi connectivity index (χ3v) is 7.69. The summed E-state index contributed by atoms with van der Waals surface area (Å²) in [6.07, 6.45) is 18.8. The topological polar surface area (TPSA) is 35.5 Å². The second kappa shape index (κ2) is 21.6. The molecule has 2 unspecified atom stereocenters. The van der Waals surface area contributed by atoms with Gasteiger partial charge in [0.15, 0.2) is 0 Å². The molecule has 2 rings (SSSR count). The number of rotatable bonds is 22. The zero-order chi connectivity index (χ0) is 27.1. The number of benzene rings is 2. The van der Waals surface area contributed by atoms with Crippen molar-refractivity contribution in [2.75, 3.05) is 13.2 Å². The predicted molar refractivity (Wildman–Crippen MR) is 161 cm³/mol. The summed E-state index contributed by atoms with van der Waals surface area (Å²) in [7, 11) is 0. The van der Waals surface area contributed by atoms with E-state index in [0.717, 1.165) is 25.7 Å². The molecule has 0 amide bonds. The van der Waals surface area contributed by atoms with Crippen LogP contribution in [-0.2, 0) is 9.47 Å². The fourth-order valence-electron chi connectivity index (χ4n) is 5.41. The Bertz CT molecular complexity index is 737. The highest BCUT2D eigenvalue weighted by Crippen LogP contribution is 2.29. The molecule has 0 heterocycles. The molecular formula is C35H54O3. The Balaban J connectivity index is 1.65. The highest BCUT2D eigenvalue weighted by Gasteiger charge is 2.14. The Kier molecular flexibility index (Phi) is 18.2. The molecule has 0 N–H and O–H groups in total. The smallest absolute Gasteiger partial charge is 0.434 e. The van der Waals surface area contributed by atoms with Gasteiger partial charge in [-0.05, 0) is 61.5 Å². The van der Waals surface area contributed by atoms with E-state index in [9.17, 15) is 4.79 Å². The molecule has 2 aromatic carbocycles. The number of hydrogen-bond acceptors (Lipinski definition) is 3. The van der Waals surface area contributed by atoms with Gasteiger partial charge in [0.05, 0.1) is 13.2 Å². The summed E-state index contributed by atoms with van der Waals surface area (Å²) >= 11 is 0. The molecule has 2 atom stereocenters. The second-order valence-electron chi connectivity index (χ2n) is 10.9. The van der Waals surface area contributed by atoms with Gasteiger partial charge in [-0.15, -0.1) is 0 Å². The van der Waals surface area contributed by atoms with Crippen LogP contribution in [0.1, 0.15) is 140 Å². The number of unbranched alkanes of at least 4 members (excludes halogenated alkanes) is 8. The van der Waals surface area contributed by atoms with Gasteiger partial charge < -0.3 is 9.47 Å². The molecule has 0 spiro atoms. The van der Waals surface area contributed by atoms with Gasteiger partial charge >= 0.3 is 6.16 Å². The van der Waals surface area contributed by atoms with Crippen molar-refractivity contribution in [1.29, 1.82) is 0 Å². The quantitative estimate of drug-likeness (QED) is 0.114. The summed E-state index contributed by atoms with van der Waals surface area (Å²) in [6.45, 7) is 5.39. The molecule has 212 valence electrons. The molecule has 0 saturated carbocycles. The standard InChI is InChI=1S/C35H54O3/c1-3-5-7-9-13-21-33(31-23-15-11-16-24-31)27-19-29-37-35(36)38-30-20-28-34(22-14-10-8-6-4-2)32-25-17-12-18-26-32/h11-12,15-18,23-26,33-34H,3-10,13-14,19-22,27-30H2,1-2H3. The van der Waals surface area contributed by atoms with Crippen LogP contribution in [0.25, 0.3) is 0 Å². The van der Waals surface area contributed by atoms with Gasteiger partial charge in [0.25, 0.3) is 0 Å². The van der Waals surface area contributed by atoms with Crippen LogP contribution in [-0.4, -0.2) is 19.4 Å². The second-order valence-corrected chi connectivity index (χ2v) is 10.9. The van der Waals surface area contributed by atoms with Crippen molar-refractivity contribution in [2.45, 2.75) is 128 Å². The minimum Gasteiger partial charge on any atom is -0.434 e. The van der Waals surface area contributed by atoms with Gasteiger partial charge in [0.2, 0.25) is 0 Å². The molecule has 0 aliphatic rings. The summed E-state index contributed by atoms with van der Waals surface area (Å²) in [6, 6.07) is 21.6. The van der Waals surface area contributed by atoms with E-state index in [2.05, 4.69) is 74.5 Å². The van der Waals surface area contributed by atoms with Crippen molar-refractivity contribution in [2.24, 2.45) is 0 Å². The van der Waals surface area contributed by atoms with Crippen LogP contribution in [0.4, 0.5) is 4.79 Å². The Morgan fingerprint density at radius 3 is 1.29 bits per heavy atom. The lowest BCUT2D eigenvalue weighted by molar-refractivity contribution is 0.0523. The normalized spacial score (nSPS) is 12.7. The molecule has 0 aliphatic carbocycles. The van der Waals surface area contributed by atoms with Crippen LogP contribution in [0.2, 0.25) is 0 Å². The Labute approximate surface area is 233 Å². The van der Waals surface area contributed by atoms with E-state index in [0.29, 0.717) is 25.0 Å². The maximum Gasteiger partial charge on any atom is 0.508 e. The van der Waals surface area contributed by atoms with Crippen LogP contribution >= 0.6 is 0 Å². The first kappa shape index (κ1) is 31.9. The van der Waals surface area contributed by atoms with Gasteiger partial charge in [0, 0.05) is 0 Å². The van der Waals surface area contributed by atoms with Crippen LogP contribution < -0.4 is 0 Å². The summed E-state index contributed by atoms with van der Waals surface area (Å²) in [4.78, 5) is 12.2. The monoisotopic (exact) mass is 522 g/mol. The molecule has 0 fully saturated rings. The summed E-state index contributed by atoms with van der Waals surface area (Å²) < 4.78 is 10.8. The van der Waals surface area contributed by atoms with Gasteiger partial charge in [-0.1, -0.05) is 139 Å². The maximum atomic E-state index is 12.2. The Hall–Kier alpha value is -2.29. The summed E-state index contributed by atoms with van der Waals surface area (Å²) in [5.74, 6) is 1.07. The molecular weight excluding hydrogens is 468 g/mol.